The van der Waals surface area contributed by atoms with Gasteiger partial charge in [0, 0.05) is 48.7 Å². The molecular formula is C24H22ClN3O5. The Kier molecular flexibility index (Phi) is 4.90. The average molecular weight is 468 g/mol. The average Bonchev–Trinajstić information content (AvgIpc) is 3.55. The molecule has 0 saturated carbocycles. The first-order chi connectivity index (χ1) is 16.0. The van der Waals surface area contributed by atoms with Crippen molar-refractivity contribution in [2.75, 3.05) is 31.3 Å². The summed E-state index contributed by atoms with van der Waals surface area (Å²) in [5, 5.41) is 0.628. The van der Waals surface area contributed by atoms with Gasteiger partial charge in [0.15, 0.2) is 23.0 Å². The lowest BCUT2D eigenvalue weighted by Gasteiger charge is -2.32. The summed E-state index contributed by atoms with van der Waals surface area (Å²) in [4.78, 5) is 34.0. The van der Waals surface area contributed by atoms with Crippen molar-refractivity contribution in [1.82, 2.24) is 9.88 Å². The van der Waals surface area contributed by atoms with E-state index in [0.29, 0.717) is 42.0 Å². The molecular weight excluding hydrogens is 446 g/mol. The summed E-state index contributed by atoms with van der Waals surface area (Å²) in [5.41, 5.74) is 2.21. The van der Waals surface area contributed by atoms with E-state index >= 15 is 0 Å². The molecule has 0 spiro atoms. The van der Waals surface area contributed by atoms with Crippen LogP contribution in [0.3, 0.4) is 0 Å². The van der Waals surface area contributed by atoms with Crippen molar-refractivity contribution in [3.05, 3.63) is 47.3 Å². The second kappa shape index (κ2) is 7.95. The molecule has 1 unspecified atom stereocenters. The topological polar surface area (TPSA) is 85.1 Å². The Balaban J connectivity index is 1.10. The van der Waals surface area contributed by atoms with E-state index in [9.17, 15) is 9.59 Å². The molecule has 0 N–H and O–H groups in total. The zero-order chi connectivity index (χ0) is 22.5. The number of hydrogen-bond donors (Lipinski definition) is 0. The number of likely N-dealkylation sites (tertiary alicyclic amines) is 1. The molecule has 1 aromatic heterocycles. The molecule has 2 aromatic carbocycles. The number of benzene rings is 2. The number of fused-ring (bicyclic) bond motifs is 2. The normalized spacial score (nSPS) is 20.8. The molecule has 1 atom stereocenters. The van der Waals surface area contributed by atoms with E-state index in [2.05, 4.69) is 4.98 Å². The van der Waals surface area contributed by atoms with Gasteiger partial charge in [-0.1, -0.05) is 11.6 Å². The van der Waals surface area contributed by atoms with Gasteiger partial charge >= 0.3 is 0 Å². The first-order valence-electron chi connectivity index (χ1n) is 11.1. The zero-order valence-corrected chi connectivity index (χ0v) is 18.6. The van der Waals surface area contributed by atoms with Crippen LogP contribution >= 0.6 is 11.6 Å². The molecule has 4 heterocycles. The lowest BCUT2D eigenvalue weighted by atomic mass is 9.95. The third kappa shape index (κ3) is 3.68. The summed E-state index contributed by atoms with van der Waals surface area (Å²) >= 11 is 6.05. The van der Waals surface area contributed by atoms with E-state index in [1.54, 1.807) is 29.2 Å². The van der Waals surface area contributed by atoms with Crippen molar-refractivity contribution >= 4 is 40.2 Å². The van der Waals surface area contributed by atoms with Crippen molar-refractivity contribution in [1.29, 1.82) is 0 Å². The Morgan fingerprint density at radius 3 is 2.73 bits per heavy atom. The van der Waals surface area contributed by atoms with Crippen LogP contribution in [-0.4, -0.2) is 48.1 Å². The van der Waals surface area contributed by atoms with E-state index in [1.807, 2.05) is 17.0 Å². The molecule has 9 heteroatoms. The van der Waals surface area contributed by atoms with Gasteiger partial charge in [0.2, 0.25) is 18.6 Å². The van der Waals surface area contributed by atoms with Crippen LogP contribution in [0, 0.1) is 5.92 Å². The van der Waals surface area contributed by atoms with Gasteiger partial charge in [0.05, 0.1) is 5.92 Å². The number of hydrogen-bond acceptors (Lipinski definition) is 6. The second-order valence-corrected chi connectivity index (χ2v) is 9.14. The number of carbonyl (C=O) groups is 2. The Hall–Kier alpha value is -3.26. The van der Waals surface area contributed by atoms with Crippen LogP contribution in [0.4, 0.5) is 5.69 Å². The minimum absolute atomic E-state index is 0.0365. The molecule has 170 valence electrons. The number of anilines is 1. The molecule has 6 rings (SSSR count). The molecule has 0 bridgehead atoms. The number of nitrogens with zero attached hydrogens (tertiary/aromatic N) is 3. The van der Waals surface area contributed by atoms with Crippen LogP contribution in [0.25, 0.3) is 11.1 Å². The van der Waals surface area contributed by atoms with Gasteiger partial charge in [-0.3, -0.25) is 9.59 Å². The fourth-order valence-corrected chi connectivity index (χ4v) is 5.04. The maximum absolute atomic E-state index is 13.2. The summed E-state index contributed by atoms with van der Waals surface area (Å²) in [5.74, 6) is 1.80. The number of piperidine rings is 1. The van der Waals surface area contributed by atoms with E-state index in [0.717, 1.165) is 29.6 Å². The van der Waals surface area contributed by atoms with Crippen LogP contribution in [0.1, 0.15) is 31.1 Å². The SMILES string of the molecule is O=C(C1CC(=O)N(c2ccc3c(c2)OCO3)C1)N1CCC(c2nc3cc(Cl)ccc3o2)CC1. The Labute approximate surface area is 195 Å². The summed E-state index contributed by atoms with van der Waals surface area (Å²) in [6, 6.07) is 10.8. The van der Waals surface area contributed by atoms with Crippen molar-refractivity contribution in [3.8, 4) is 11.5 Å². The largest absolute Gasteiger partial charge is 0.454 e. The van der Waals surface area contributed by atoms with Gasteiger partial charge in [0.25, 0.3) is 0 Å². The predicted octanol–water partition coefficient (Wildman–Crippen LogP) is 3.97. The Bertz CT molecular complexity index is 1250. The number of halogens is 1. The molecule has 3 aliphatic rings. The zero-order valence-electron chi connectivity index (χ0n) is 17.8. The highest BCUT2D eigenvalue weighted by Gasteiger charge is 2.39. The minimum Gasteiger partial charge on any atom is -0.454 e. The number of carbonyl (C=O) groups excluding carboxylic acids is 2. The van der Waals surface area contributed by atoms with Crippen LogP contribution in [0.15, 0.2) is 40.8 Å². The van der Waals surface area contributed by atoms with Gasteiger partial charge < -0.3 is 23.7 Å². The molecule has 33 heavy (non-hydrogen) atoms. The van der Waals surface area contributed by atoms with Gasteiger partial charge in [-0.05, 0) is 43.2 Å². The maximum atomic E-state index is 13.2. The lowest BCUT2D eigenvalue weighted by molar-refractivity contribution is -0.136. The first kappa shape index (κ1) is 20.4. The number of aromatic nitrogens is 1. The number of ether oxygens (including phenoxy) is 2. The van der Waals surface area contributed by atoms with Crippen LogP contribution in [-0.2, 0) is 9.59 Å². The summed E-state index contributed by atoms with van der Waals surface area (Å²) in [7, 11) is 0. The van der Waals surface area contributed by atoms with E-state index < -0.39 is 0 Å². The predicted molar refractivity (Wildman–Crippen MR) is 121 cm³/mol. The standard InChI is InChI=1S/C24H22ClN3O5/c25-16-1-3-19-18(10-16)26-23(33-19)14-5-7-27(8-6-14)24(30)15-9-22(29)28(12-15)17-2-4-20-21(11-17)32-13-31-20/h1-4,10-11,14-15H,5-9,12-13H2. The van der Waals surface area contributed by atoms with Gasteiger partial charge in [-0.2, -0.15) is 0 Å². The maximum Gasteiger partial charge on any atom is 0.231 e. The molecule has 0 aliphatic carbocycles. The summed E-state index contributed by atoms with van der Waals surface area (Å²) in [6.45, 7) is 1.81. The fraction of sp³-hybridized carbons (Fsp3) is 0.375. The Morgan fingerprint density at radius 1 is 1.06 bits per heavy atom. The quantitative estimate of drug-likeness (QED) is 0.579. The van der Waals surface area contributed by atoms with Crippen LogP contribution < -0.4 is 14.4 Å². The first-order valence-corrected chi connectivity index (χ1v) is 11.5. The highest BCUT2D eigenvalue weighted by Crippen LogP contribution is 2.38. The Morgan fingerprint density at radius 2 is 1.88 bits per heavy atom. The summed E-state index contributed by atoms with van der Waals surface area (Å²) in [6.07, 6.45) is 1.77. The molecule has 2 amide bonds. The van der Waals surface area contributed by atoms with Crippen molar-refractivity contribution in [3.63, 3.8) is 0 Å². The van der Waals surface area contributed by atoms with E-state index in [-0.39, 0.29) is 36.9 Å². The number of rotatable bonds is 3. The second-order valence-electron chi connectivity index (χ2n) is 8.71. The van der Waals surface area contributed by atoms with E-state index in [4.69, 9.17) is 25.5 Å². The smallest absolute Gasteiger partial charge is 0.231 e. The molecule has 8 nitrogen and oxygen atoms in total. The van der Waals surface area contributed by atoms with Gasteiger partial charge in [-0.15, -0.1) is 0 Å². The van der Waals surface area contributed by atoms with E-state index in [1.165, 1.54) is 0 Å². The van der Waals surface area contributed by atoms with Crippen molar-refractivity contribution < 1.29 is 23.5 Å². The summed E-state index contributed by atoms with van der Waals surface area (Å²) < 4.78 is 16.7. The molecule has 3 aromatic rings. The fourth-order valence-electron chi connectivity index (χ4n) is 4.87. The third-order valence-corrected chi connectivity index (χ3v) is 6.90. The molecule has 0 radical (unpaired) electrons. The van der Waals surface area contributed by atoms with Gasteiger partial charge in [0.1, 0.15) is 5.52 Å². The number of amides is 2. The molecule has 2 fully saturated rings. The lowest BCUT2D eigenvalue weighted by Crippen LogP contribution is -2.42. The van der Waals surface area contributed by atoms with Crippen molar-refractivity contribution in [2.45, 2.75) is 25.2 Å². The highest BCUT2D eigenvalue weighted by atomic mass is 35.5. The monoisotopic (exact) mass is 467 g/mol. The van der Waals surface area contributed by atoms with Gasteiger partial charge in [-0.25, -0.2) is 4.98 Å². The third-order valence-electron chi connectivity index (χ3n) is 6.66. The van der Waals surface area contributed by atoms with Crippen LogP contribution in [0.2, 0.25) is 5.02 Å². The van der Waals surface area contributed by atoms with Crippen LogP contribution in [0.5, 0.6) is 11.5 Å². The highest BCUT2D eigenvalue weighted by molar-refractivity contribution is 6.31. The number of oxazole rings is 1. The molecule has 2 saturated heterocycles. The minimum atomic E-state index is -0.342. The molecule has 3 aliphatic heterocycles. The van der Waals surface area contributed by atoms with Crippen molar-refractivity contribution in [2.24, 2.45) is 5.92 Å².